The van der Waals surface area contributed by atoms with Crippen LogP contribution in [0.15, 0.2) is 29.3 Å². The Labute approximate surface area is 151 Å². The Morgan fingerprint density at radius 1 is 1.12 bits per heavy atom. The predicted octanol–water partition coefficient (Wildman–Crippen LogP) is 2.82. The third-order valence-corrected chi connectivity index (χ3v) is 4.35. The van der Waals surface area contributed by atoms with E-state index in [1.807, 2.05) is 0 Å². The topological polar surface area (TPSA) is 65.5 Å². The van der Waals surface area contributed by atoms with Crippen LogP contribution in [-0.2, 0) is 17.5 Å². The molecule has 144 valence electrons. The number of hydrogen-bond acceptors (Lipinski definition) is 2. The highest BCUT2D eigenvalue weighted by Crippen LogP contribution is 2.29. The zero-order valence-electron chi connectivity index (χ0n) is 14.8. The molecule has 2 rings (SSSR count). The number of carbonyl (C=O) groups excluding carboxylic acids is 1. The Bertz CT molecular complexity index is 608. The number of nitrogens with one attached hydrogen (secondary N) is 3. The first-order chi connectivity index (χ1) is 12.4. The number of benzene rings is 1. The van der Waals surface area contributed by atoms with Gasteiger partial charge >= 0.3 is 6.18 Å². The number of rotatable bonds is 5. The lowest BCUT2D eigenvalue weighted by Crippen LogP contribution is -2.45. The smallest absolute Gasteiger partial charge is 0.352 e. The summed E-state index contributed by atoms with van der Waals surface area (Å²) in [6, 6.07) is 5.17. The third-order valence-electron chi connectivity index (χ3n) is 4.35. The van der Waals surface area contributed by atoms with Crippen LogP contribution in [0.1, 0.15) is 43.2 Å². The largest absolute Gasteiger partial charge is 0.416 e. The predicted molar refractivity (Wildman–Crippen MR) is 94.7 cm³/mol. The minimum Gasteiger partial charge on any atom is -0.352 e. The Morgan fingerprint density at radius 2 is 1.77 bits per heavy atom. The van der Waals surface area contributed by atoms with Crippen molar-refractivity contribution < 1.29 is 18.0 Å². The highest BCUT2D eigenvalue weighted by Gasteiger charge is 2.29. The Morgan fingerprint density at radius 3 is 2.35 bits per heavy atom. The van der Waals surface area contributed by atoms with Crippen LogP contribution in [-0.4, -0.2) is 31.5 Å². The first kappa shape index (κ1) is 20.1. The van der Waals surface area contributed by atoms with Crippen LogP contribution in [0, 0.1) is 0 Å². The van der Waals surface area contributed by atoms with Gasteiger partial charge in [0.05, 0.1) is 12.1 Å². The molecule has 3 N–H and O–H groups in total. The molecule has 1 saturated carbocycles. The molecule has 1 aromatic rings. The Kier molecular flexibility index (Phi) is 7.29. The minimum atomic E-state index is -4.34. The number of aliphatic imine (C=N–C) groups is 1. The zero-order valence-corrected chi connectivity index (χ0v) is 14.8. The molecule has 0 aromatic heterocycles. The highest BCUT2D eigenvalue weighted by atomic mass is 19.4. The summed E-state index contributed by atoms with van der Waals surface area (Å²) in [7, 11) is 1.57. The van der Waals surface area contributed by atoms with Gasteiger partial charge in [0, 0.05) is 19.6 Å². The summed E-state index contributed by atoms with van der Waals surface area (Å²) in [5.41, 5.74) is 0.00995. The van der Waals surface area contributed by atoms with Gasteiger partial charge in [-0.15, -0.1) is 0 Å². The normalized spacial score (nSPS) is 16.2. The summed E-state index contributed by atoms with van der Waals surface area (Å²) in [4.78, 5) is 16.0. The minimum absolute atomic E-state index is 0.0885. The molecular weight excluding hydrogens is 345 g/mol. The van der Waals surface area contributed by atoms with E-state index in [9.17, 15) is 18.0 Å². The van der Waals surface area contributed by atoms with Gasteiger partial charge in [-0.1, -0.05) is 31.4 Å². The fourth-order valence-electron chi connectivity index (χ4n) is 2.91. The van der Waals surface area contributed by atoms with Gasteiger partial charge in [-0.25, -0.2) is 0 Å². The molecule has 0 aliphatic heterocycles. The summed E-state index contributed by atoms with van der Waals surface area (Å²) < 4.78 is 37.6. The number of amides is 1. The fourth-order valence-corrected chi connectivity index (χ4v) is 2.91. The van der Waals surface area contributed by atoms with E-state index in [1.165, 1.54) is 18.6 Å². The van der Waals surface area contributed by atoms with Crippen molar-refractivity contribution in [2.24, 2.45) is 4.99 Å². The van der Waals surface area contributed by atoms with Crippen LogP contribution in [0.25, 0.3) is 0 Å². The molecule has 1 amide bonds. The quantitative estimate of drug-likeness (QED) is 0.552. The molecule has 1 aromatic carbocycles. The molecule has 1 aliphatic rings. The van der Waals surface area contributed by atoms with E-state index >= 15 is 0 Å². The lowest BCUT2D eigenvalue weighted by Gasteiger charge is -2.23. The maximum Gasteiger partial charge on any atom is 0.416 e. The van der Waals surface area contributed by atoms with Gasteiger partial charge in [0.1, 0.15) is 0 Å². The van der Waals surface area contributed by atoms with E-state index < -0.39 is 11.7 Å². The SMILES string of the molecule is CN=C(NCC(=O)NC1CCCCC1)NCc1ccc(C(F)(F)F)cc1. The highest BCUT2D eigenvalue weighted by molar-refractivity contribution is 5.86. The number of hydrogen-bond donors (Lipinski definition) is 3. The van der Waals surface area contributed by atoms with Crippen LogP contribution in [0.4, 0.5) is 13.2 Å². The molecule has 0 heterocycles. The van der Waals surface area contributed by atoms with Crippen LogP contribution in [0.2, 0.25) is 0 Å². The molecule has 0 atom stereocenters. The molecule has 0 saturated heterocycles. The van der Waals surface area contributed by atoms with Crippen LogP contribution < -0.4 is 16.0 Å². The summed E-state index contributed by atoms with van der Waals surface area (Å²) in [6.07, 6.45) is 1.23. The molecule has 0 unspecified atom stereocenters. The average Bonchev–Trinajstić information content (AvgIpc) is 2.62. The lowest BCUT2D eigenvalue weighted by atomic mass is 9.95. The first-order valence-electron chi connectivity index (χ1n) is 8.78. The van der Waals surface area contributed by atoms with Crippen molar-refractivity contribution in [1.29, 1.82) is 0 Å². The molecule has 0 spiro atoms. The lowest BCUT2D eigenvalue weighted by molar-refractivity contribution is -0.137. The van der Waals surface area contributed by atoms with Crippen molar-refractivity contribution in [1.82, 2.24) is 16.0 Å². The second kappa shape index (κ2) is 9.45. The van der Waals surface area contributed by atoms with E-state index in [2.05, 4.69) is 20.9 Å². The molecule has 0 radical (unpaired) electrons. The van der Waals surface area contributed by atoms with Gasteiger partial charge in [-0.05, 0) is 30.5 Å². The molecule has 1 aliphatic carbocycles. The summed E-state index contributed by atoms with van der Waals surface area (Å²) >= 11 is 0. The second-order valence-electron chi connectivity index (χ2n) is 6.38. The van der Waals surface area contributed by atoms with E-state index in [0.717, 1.165) is 37.8 Å². The maximum atomic E-state index is 12.5. The summed E-state index contributed by atoms with van der Waals surface area (Å²) in [6.45, 7) is 0.408. The second-order valence-corrected chi connectivity index (χ2v) is 6.38. The Balaban J connectivity index is 1.74. The molecule has 1 fully saturated rings. The van der Waals surface area contributed by atoms with Crippen molar-refractivity contribution in [2.45, 2.75) is 50.9 Å². The molecule has 5 nitrogen and oxygen atoms in total. The van der Waals surface area contributed by atoms with Gasteiger partial charge < -0.3 is 16.0 Å². The van der Waals surface area contributed by atoms with Crippen LogP contribution in [0.5, 0.6) is 0 Å². The first-order valence-corrected chi connectivity index (χ1v) is 8.78. The molecular formula is C18H25F3N4O. The number of halogens is 3. The molecule has 26 heavy (non-hydrogen) atoms. The van der Waals surface area contributed by atoms with Crippen molar-refractivity contribution >= 4 is 11.9 Å². The molecule has 0 bridgehead atoms. The van der Waals surface area contributed by atoms with Crippen molar-refractivity contribution in [3.05, 3.63) is 35.4 Å². The number of carbonyl (C=O) groups is 1. The van der Waals surface area contributed by atoms with Gasteiger partial charge in [0.2, 0.25) is 5.91 Å². The summed E-state index contributed by atoms with van der Waals surface area (Å²) in [5, 5.41) is 8.89. The van der Waals surface area contributed by atoms with Gasteiger partial charge in [-0.2, -0.15) is 13.2 Å². The average molecular weight is 370 g/mol. The number of nitrogens with zero attached hydrogens (tertiary/aromatic N) is 1. The van der Waals surface area contributed by atoms with Crippen LogP contribution >= 0.6 is 0 Å². The summed E-state index contributed by atoms with van der Waals surface area (Å²) in [5.74, 6) is 0.332. The van der Waals surface area contributed by atoms with Crippen LogP contribution in [0.3, 0.4) is 0 Å². The van der Waals surface area contributed by atoms with Crippen molar-refractivity contribution in [3.63, 3.8) is 0 Å². The zero-order chi connectivity index (χ0) is 19.0. The van der Waals surface area contributed by atoms with Gasteiger partial charge in [0.25, 0.3) is 0 Å². The van der Waals surface area contributed by atoms with E-state index in [0.29, 0.717) is 18.1 Å². The third kappa shape index (κ3) is 6.57. The molecule has 8 heteroatoms. The van der Waals surface area contributed by atoms with E-state index in [-0.39, 0.29) is 18.5 Å². The van der Waals surface area contributed by atoms with Crippen molar-refractivity contribution in [3.8, 4) is 0 Å². The number of alkyl halides is 3. The fraction of sp³-hybridized carbons (Fsp3) is 0.556. The van der Waals surface area contributed by atoms with E-state index in [4.69, 9.17) is 0 Å². The number of guanidine groups is 1. The monoisotopic (exact) mass is 370 g/mol. The van der Waals surface area contributed by atoms with Crippen molar-refractivity contribution in [2.75, 3.05) is 13.6 Å². The van der Waals surface area contributed by atoms with Gasteiger partial charge in [-0.3, -0.25) is 9.79 Å². The van der Waals surface area contributed by atoms with Gasteiger partial charge in [0.15, 0.2) is 5.96 Å². The Hall–Kier alpha value is -2.25. The standard InChI is InChI=1S/C18H25F3N4O/c1-22-17(24-12-16(26)25-15-5-3-2-4-6-15)23-11-13-7-9-14(10-8-13)18(19,20)21/h7-10,15H,2-6,11-12H2,1H3,(H,25,26)(H2,22,23,24). The maximum absolute atomic E-state index is 12.5. The van der Waals surface area contributed by atoms with E-state index in [1.54, 1.807) is 7.05 Å².